The van der Waals surface area contributed by atoms with E-state index in [4.69, 9.17) is 0 Å². The van der Waals surface area contributed by atoms with Crippen LogP contribution in [0.4, 0.5) is 40.1 Å². The average Bonchev–Trinajstić information content (AvgIpc) is 1.51. The second-order valence-corrected chi connectivity index (χ2v) is 22.6. The van der Waals surface area contributed by atoms with Crippen molar-refractivity contribution in [3.8, 4) is 0 Å². The van der Waals surface area contributed by atoms with Crippen LogP contribution in [0.5, 0.6) is 0 Å². The van der Waals surface area contributed by atoms with E-state index in [1.165, 1.54) is 68.0 Å². The van der Waals surface area contributed by atoms with Crippen molar-refractivity contribution in [1.82, 2.24) is 52.6 Å². The van der Waals surface area contributed by atoms with Crippen LogP contribution in [0.1, 0.15) is 116 Å². The van der Waals surface area contributed by atoms with Crippen LogP contribution in [-0.2, 0) is 57.3 Å². The maximum atomic E-state index is 14.0. The molecule has 7 aromatic heterocycles. The van der Waals surface area contributed by atoms with Gasteiger partial charge in [-0.25, -0.2) is 9.97 Å². The Bertz CT molecular complexity index is 4590. The van der Waals surface area contributed by atoms with Gasteiger partial charge < -0.3 is 79.8 Å². The Morgan fingerprint density at radius 3 is 1.64 bits per heavy atom. The molecule has 12 rings (SSSR count). The SMILES string of the molecule is CC(=O)Nc1cn(C)c(C(=O)Nc2cn(C)c(C(=O)Nc3cc(C(=O)Nc4cc(C(=O)NCCCC(=O)Nc5cc(C(=O)Nc6cc(C(=O)Nc7ccc8[nH]c(C(=O)N9CC%10CC%10%11C9=CC(=O)c9ccccc9%11)cc8c7)n(C)c6)n(C)c5)n(C)c4)n(C)c3)n2)n1. The number of H-pyrrole nitrogens is 1. The number of imidazole rings is 2. The van der Waals surface area contributed by atoms with E-state index in [1.54, 1.807) is 105 Å². The topological polar surface area (TPSA) is 341 Å². The molecule has 2 atom stereocenters. The lowest BCUT2D eigenvalue weighted by atomic mass is 9.81. The van der Waals surface area contributed by atoms with Crippen LogP contribution in [0.15, 0.2) is 122 Å². The monoisotopic (exact) mass is 1220 g/mol. The van der Waals surface area contributed by atoms with Gasteiger partial charge in [0, 0.05) is 145 Å². The number of aromatic nitrogens is 9. The molecular formula is C62H60N18O10. The minimum absolute atomic E-state index is 0.00602. The zero-order chi connectivity index (χ0) is 63.6. The number of aryl methyl sites for hydroxylation is 6. The summed E-state index contributed by atoms with van der Waals surface area (Å²) in [4.78, 5) is 145. The van der Waals surface area contributed by atoms with Crippen molar-refractivity contribution in [2.75, 3.05) is 50.3 Å². The van der Waals surface area contributed by atoms with Gasteiger partial charge in [0.05, 0.1) is 22.7 Å². The van der Waals surface area contributed by atoms with Crippen LogP contribution in [0.3, 0.4) is 0 Å². The Morgan fingerprint density at radius 2 is 1.07 bits per heavy atom. The Kier molecular flexibility index (Phi) is 14.8. The van der Waals surface area contributed by atoms with E-state index in [1.807, 2.05) is 24.3 Å². The molecule has 3 aliphatic rings. The minimum Gasteiger partial charge on any atom is -0.351 e. The predicted octanol–water partition coefficient (Wildman–Crippen LogP) is 5.85. The number of carbonyl (C=O) groups excluding carboxylic acids is 10. The second kappa shape index (κ2) is 22.8. The van der Waals surface area contributed by atoms with E-state index < -0.39 is 35.4 Å². The molecule has 0 bridgehead atoms. The number of piperidine rings is 1. The average molecular weight is 1220 g/mol. The van der Waals surface area contributed by atoms with Gasteiger partial charge in [0.2, 0.25) is 23.5 Å². The Labute approximate surface area is 511 Å². The lowest BCUT2D eigenvalue weighted by molar-refractivity contribution is -0.116. The summed E-state index contributed by atoms with van der Waals surface area (Å²) in [6.07, 6.45) is 12.0. The summed E-state index contributed by atoms with van der Waals surface area (Å²) in [5.41, 5.74) is 5.86. The molecule has 2 aromatic carbocycles. The van der Waals surface area contributed by atoms with Crippen molar-refractivity contribution in [3.05, 3.63) is 173 Å². The largest absolute Gasteiger partial charge is 0.351 e. The second-order valence-electron chi connectivity index (χ2n) is 22.6. The number of fused-ring (bicyclic) bond motifs is 2. The van der Waals surface area contributed by atoms with Gasteiger partial charge in [-0.05, 0) is 72.9 Å². The number of hydrogen-bond acceptors (Lipinski definition) is 12. The van der Waals surface area contributed by atoms with Crippen LogP contribution in [0, 0.1) is 5.92 Å². The van der Waals surface area contributed by atoms with Gasteiger partial charge in [-0.15, -0.1) is 0 Å². The predicted molar refractivity (Wildman–Crippen MR) is 330 cm³/mol. The van der Waals surface area contributed by atoms with E-state index in [2.05, 4.69) is 57.5 Å². The van der Waals surface area contributed by atoms with E-state index in [-0.39, 0.29) is 106 Å². The van der Waals surface area contributed by atoms with E-state index >= 15 is 0 Å². The summed E-state index contributed by atoms with van der Waals surface area (Å²) in [6, 6.07) is 20.6. The molecule has 9 amide bonds. The molecule has 458 valence electrons. The van der Waals surface area contributed by atoms with Crippen molar-refractivity contribution >= 4 is 110 Å². The number of hydrogen-bond donors (Lipinski definition) is 9. The summed E-state index contributed by atoms with van der Waals surface area (Å²) in [7, 11) is 9.72. The number of rotatable bonds is 18. The molecule has 90 heavy (non-hydrogen) atoms. The first-order valence-electron chi connectivity index (χ1n) is 28.5. The van der Waals surface area contributed by atoms with E-state index in [0.29, 0.717) is 51.5 Å². The number of nitrogens with one attached hydrogen (secondary N) is 9. The molecule has 28 nitrogen and oxygen atoms in total. The number of ketones is 1. The molecule has 1 saturated carbocycles. The van der Waals surface area contributed by atoms with Crippen molar-refractivity contribution in [2.24, 2.45) is 48.2 Å². The zero-order valence-corrected chi connectivity index (χ0v) is 49.7. The number of aromatic amines is 1. The molecule has 1 aliphatic heterocycles. The molecule has 8 heterocycles. The molecule has 0 radical (unpaired) electrons. The van der Waals surface area contributed by atoms with Crippen LogP contribution < -0.4 is 42.5 Å². The normalized spacial score (nSPS) is 15.3. The third-order valence-corrected chi connectivity index (χ3v) is 16.1. The third kappa shape index (κ3) is 11.2. The lowest BCUT2D eigenvalue weighted by Gasteiger charge is -2.29. The molecule has 2 aliphatic carbocycles. The Balaban J connectivity index is 0.580. The maximum Gasteiger partial charge on any atom is 0.292 e. The smallest absolute Gasteiger partial charge is 0.292 e. The van der Waals surface area contributed by atoms with Gasteiger partial charge >= 0.3 is 0 Å². The highest BCUT2D eigenvalue weighted by atomic mass is 16.2. The Morgan fingerprint density at radius 1 is 0.556 bits per heavy atom. The number of carbonyl (C=O) groups is 10. The summed E-state index contributed by atoms with van der Waals surface area (Å²) >= 11 is 0. The fourth-order valence-electron chi connectivity index (χ4n) is 11.8. The van der Waals surface area contributed by atoms with Crippen molar-refractivity contribution < 1.29 is 47.9 Å². The highest BCUT2D eigenvalue weighted by Crippen LogP contribution is 2.66. The molecule has 2 fully saturated rings. The highest BCUT2D eigenvalue weighted by Gasteiger charge is 2.67. The fourth-order valence-corrected chi connectivity index (χ4v) is 11.8. The molecule has 2 unspecified atom stereocenters. The fraction of sp³-hybridized carbons (Fsp3) is 0.226. The number of likely N-dealkylation sites (tertiary alicyclic amines) is 1. The first-order valence-corrected chi connectivity index (χ1v) is 28.5. The molecule has 1 saturated heterocycles. The maximum absolute atomic E-state index is 14.0. The summed E-state index contributed by atoms with van der Waals surface area (Å²) in [5, 5.41) is 22.6. The molecule has 28 heteroatoms. The number of nitrogens with zero attached hydrogens (tertiary/aromatic N) is 9. The highest BCUT2D eigenvalue weighted by molar-refractivity contribution is 6.12. The minimum atomic E-state index is -0.630. The summed E-state index contributed by atoms with van der Waals surface area (Å²) in [6.45, 7) is 1.98. The lowest BCUT2D eigenvalue weighted by Crippen LogP contribution is -2.33. The zero-order valence-electron chi connectivity index (χ0n) is 49.7. The van der Waals surface area contributed by atoms with Gasteiger partial charge in [-0.1, -0.05) is 24.3 Å². The number of benzene rings is 2. The van der Waals surface area contributed by atoms with E-state index in [9.17, 15) is 47.9 Å². The van der Waals surface area contributed by atoms with Gasteiger partial charge in [-0.3, -0.25) is 47.9 Å². The summed E-state index contributed by atoms with van der Waals surface area (Å²) in [5.74, 6) is -3.77. The van der Waals surface area contributed by atoms with Crippen LogP contribution >= 0.6 is 0 Å². The molecular weight excluding hydrogens is 1160 g/mol. The third-order valence-electron chi connectivity index (χ3n) is 16.1. The first-order chi connectivity index (χ1) is 43.0. The number of allylic oxidation sites excluding steroid dienone is 2. The molecule has 9 N–H and O–H groups in total. The van der Waals surface area contributed by atoms with Gasteiger partial charge in [0.15, 0.2) is 17.4 Å². The van der Waals surface area contributed by atoms with Gasteiger partial charge in [-0.2, -0.15) is 0 Å². The molecule has 1 spiro atoms. The standard InChI is InChI=1S/C62H60N18O10/c1-32(81)64-50-30-78(6)54(71-50)60(89)73-51-31-79(7)53(72-51)59(88)69-39-22-47(77(5)29-39)58(87)67-37-20-44(74(2)27-37)55(84)63-16-10-13-52(83)65-36-19-45(75(3)26-36)57(86)68-38-21-46(76(4)28-38)56(85)66-35-14-15-42-33(17-35)18-43(70-42)61(90)80-25-34-24-62(34)41-12-9-8-11-40(41)48(82)23-49(62)80/h8-9,11-12,14-15,17-23,26-31,34,70H,10,13,16,24-25H2,1-7H3,(H,63,84)(H,64,81)(H,65,83)(H,66,85)(H,67,87)(H,68,86)(H,69,88)(H,73,89). The summed E-state index contributed by atoms with van der Waals surface area (Å²) < 4.78 is 9.00. The number of anilines is 7. The van der Waals surface area contributed by atoms with Crippen LogP contribution in [0.2, 0.25) is 0 Å². The van der Waals surface area contributed by atoms with Crippen LogP contribution in [-0.4, -0.2) is 119 Å². The first kappa shape index (κ1) is 58.5. The van der Waals surface area contributed by atoms with Crippen molar-refractivity contribution in [1.29, 1.82) is 0 Å². The Hall–Kier alpha value is -11.8. The molecule has 9 aromatic rings. The van der Waals surface area contributed by atoms with Crippen molar-refractivity contribution in [2.45, 2.75) is 31.6 Å². The van der Waals surface area contributed by atoms with Crippen molar-refractivity contribution in [3.63, 3.8) is 0 Å². The van der Waals surface area contributed by atoms with Crippen LogP contribution in [0.25, 0.3) is 10.9 Å². The van der Waals surface area contributed by atoms with Gasteiger partial charge in [0.25, 0.3) is 41.4 Å². The van der Waals surface area contributed by atoms with Gasteiger partial charge in [0.1, 0.15) is 28.5 Å². The number of amides is 9. The van der Waals surface area contributed by atoms with E-state index in [0.717, 1.165) is 17.7 Å². The quantitative estimate of drug-likeness (QED) is 0.0457.